The van der Waals surface area contributed by atoms with Gasteiger partial charge in [0, 0.05) is 21.9 Å². The lowest BCUT2D eigenvalue weighted by atomic mass is 10.2. The Kier molecular flexibility index (Phi) is 5.46. The largest absolute Gasteiger partial charge is 0.487 e. The number of aryl methyl sites for hydroxylation is 2. The van der Waals surface area contributed by atoms with Gasteiger partial charge in [-0.1, -0.05) is 24.6 Å². The fourth-order valence-electron chi connectivity index (χ4n) is 1.94. The molecule has 0 radical (unpaired) electrons. The highest BCUT2D eigenvalue weighted by atomic mass is 35.5. The van der Waals surface area contributed by atoms with Crippen LogP contribution in [-0.2, 0) is 13.2 Å². The van der Waals surface area contributed by atoms with E-state index in [1.807, 2.05) is 36.5 Å². The van der Waals surface area contributed by atoms with Crippen molar-refractivity contribution in [1.82, 2.24) is 5.32 Å². The maximum absolute atomic E-state index is 6.14. The quantitative estimate of drug-likeness (QED) is 0.834. The summed E-state index contributed by atoms with van der Waals surface area (Å²) in [6, 6.07) is 8.05. The highest BCUT2D eigenvalue weighted by Crippen LogP contribution is 2.28. The van der Waals surface area contributed by atoms with Crippen molar-refractivity contribution in [3.05, 3.63) is 50.2 Å². The molecule has 0 aliphatic rings. The van der Waals surface area contributed by atoms with E-state index in [1.54, 1.807) is 0 Å². The number of nitrogens with one attached hydrogen (secondary N) is 1. The molecule has 0 atom stereocenters. The fraction of sp³-hybridized carbons (Fsp3) is 0.375. The van der Waals surface area contributed by atoms with Crippen LogP contribution in [0.15, 0.2) is 24.3 Å². The second-order valence-electron chi connectivity index (χ2n) is 4.80. The van der Waals surface area contributed by atoms with Crippen LogP contribution >= 0.6 is 22.9 Å². The van der Waals surface area contributed by atoms with E-state index < -0.39 is 0 Å². The Balaban J connectivity index is 2.03. The third-order valence-electron chi connectivity index (χ3n) is 3.09. The molecule has 1 N–H and O–H groups in total. The van der Waals surface area contributed by atoms with Gasteiger partial charge in [0.05, 0.1) is 5.02 Å². The van der Waals surface area contributed by atoms with Crippen LogP contribution in [0.1, 0.15) is 27.8 Å². The molecule has 1 aromatic carbocycles. The molecular weight excluding hydrogens is 290 g/mol. The van der Waals surface area contributed by atoms with Crippen LogP contribution in [0.25, 0.3) is 0 Å². The molecule has 0 spiro atoms. The lowest BCUT2D eigenvalue weighted by Crippen LogP contribution is -2.10. The molecule has 0 aliphatic carbocycles. The van der Waals surface area contributed by atoms with Crippen LogP contribution < -0.4 is 10.1 Å². The van der Waals surface area contributed by atoms with Gasteiger partial charge in [0.15, 0.2) is 0 Å². The van der Waals surface area contributed by atoms with Crippen LogP contribution in [0, 0.1) is 13.8 Å². The lowest BCUT2D eigenvalue weighted by molar-refractivity contribution is 0.306. The Morgan fingerprint density at radius 1 is 1.25 bits per heavy atom. The third-order valence-corrected chi connectivity index (χ3v) is 4.50. The second kappa shape index (κ2) is 7.11. The summed E-state index contributed by atoms with van der Waals surface area (Å²) in [6.45, 7) is 8.76. The first kappa shape index (κ1) is 15.4. The second-order valence-corrected chi connectivity index (χ2v) is 6.55. The molecule has 0 amide bonds. The maximum atomic E-state index is 6.14. The first-order chi connectivity index (χ1) is 9.60. The van der Waals surface area contributed by atoms with Gasteiger partial charge in [0.1, 0.15) is 12.4 Å². The molecule has 0 fully saturated rings. The minimum Gasteiger partial charge on any atom is -0.487 e. The highest BCUT2D eigenvalue weighted by molar-refractivity contribution is 7.12. The van der Waals surface area contributed by atoms with Crippen molar-refractivity contribution in [3.8, 4) is 5.75 Å². The molecule has 108 valence electrons. The van der Waals surface area contributed by atoms with E-state index in [2.05, 4.69) is 25.2 Å². The number of hydrogen-bond acceptors (Lipinski definition) is 3. The van der Waals surface area contributed by atoms with Crippen molar-refractivity contribution in [2.24, 2.45) is 0 Å². The van der Waals surface area contributed by atoms with Crippen LogP contribution in [0.5, 0.6) is 5.75 Å². The Morgan fingerprint density at radius 3 is 2.80 bits per heavy atom. The normalized spacial score (nSPS) is 10.8. The molecule has 2 rings (SSSR count). The summed E-state index contributed by atoms with van der Waals surface area (Å²) in [7, 11) is 0. The maximum Gasteiger partial charge on any atom is 0.138 e. The van der Waals surface area contributed by atoms with E-state index in [0.717, 1.165) is 24.4 Å². The monoisotopic (exact) mass is 309 g/mol. The number of hydrogen-bond donors (Lipinski definition) is 1. The first-order valence-electron chi connectivity index (χ1n) is 6.78. The number of ether oxygens (including phenoxy) is 1. The van der Waals surface area contributed by atoms with Crippen molar-refractivity contribution < 1.29 is 4.74 Å². The zero-order chi connectivity index (χ0) is 14.5. The van der Waals surface area contributed by atoms with E-state index in [4.69, 9.17) is 16.3 Å². The molecule has 20 heavy (non-hydrogen) atoms. The van der Waals surface area contributed by atoms with Crippen molar-refractivity contribution >= 4 is 22.9 Å². The Bertz CT molecular complexity index is 580. The predicted molar refractivity (Wildman–Crippen MR) is 87.0 cm³/mol. The zero-order valence-corrected chi connectivity index (χ0v) is 13.7. The van der Waals surface area contributed by atoms with Gasteiger partial charge < -0.3 is 10.1 Å². The van der Waals surface area contributed by atoms with Gasteiger partial charge in [-0.25, -0.2) is 0 Å². The number of rotatable bonds is 6. The molecule has 0 saturated heterocycles. The van der Waals surface area contributed by atoms with Crippen molar-refractivity contribution in [1.29, 1.82) is 0 Å². The van der Waals surface area contributed by atoms with Crippen LogP contribution in [0.3, 0.4) is 0 Å². The number of benzene rings is 1. The third kappa shape index (κ3) is 3.98. The molecule has 1 heterocycles. The fourth-order valence-corrected chi connectivity index (χ4v) is 3.13. The van der Waals surface area contributed by atoms with Crippen molar-refractivity contribution in [2.75, 3.05) is 6.54 Å². The van der Waals surface area contributed by atoms with Crippen LogP contribution in [0.2, 0.25) is 5.02 Å². The topological polar surface area (TPSA) is 21.3 Å². The Hall–Kier alpha value is -1.03. The summed E-state index contributed by atoms with van der Waals surface area (Å²) in [6.07, 6.45) is 0. The van der Waals surface area contributed by atoms with Gasteiger partial charge in [0.25, 0.3) is 0 Å². The molecule has 1 aromatic heterocycles. The highest BCUT2D eigenvalue weighted by Gasteiger charge is 2.08. The lowest BCUT2D eigenvalue weighted by Gasteiger charge is -2.08. The van der Waals surface area contributed by atoms with Crippen LogP contribution in [-0.4, -0.2) is 6.54 Å². The van der Waals surface area contributed by atoms with Crippen LogP contribution in [0.4, 0.5) is 0 Å². The van der Waals surface area contributed by atoms with Gasteiger partial charge in [0.2, 0.25) is 0 Å². The summed E-state index contributed by atoms with van der Waals surface area (Å²) < 4.78 is 5.86. The van der Waals surface area contributed by atoms with E-state index in [-0.39, 0.29) is 0 Å². The summed E-state index contributed by atoms with van der Waals surface area (Å²) in [5, 5.41) is 4.01. The molecule has 0 bridgehead atoms. The Labute approximate surface area is 129 Å². The van der Waals surface area contributed by atoms with E-state index in [9.17, 15) is 0 Å². The van der Waals surface area contributed by atoms with Gasteiger partial charge in [-0.2, -0.15) is 0 Å². The molecule has 0 aliphatic heterocycles. The SMILES string of the molecule is CCNCc1cc(COc2cc(C)ccc2Cl)c(C)s1. The van der Waals surface area contributed by atoms with E-state index >= 15 is 0 Å². The van der Waals surface area contributed by atoms with Gasteiger partial charge in [-0.3, -0.25) is 0 Å². The molecule has 2 aromatic rings. The minimum absolute atomic E-state index is 0.567. The first-order valence-corrected chi connectivity index (χ1v) is 7.97. The summed E-state index contributed by atoms with van der Waals surface area (Å²) in [5.41, 5.74) is 2.39. The molecule has 4 heteroatoms. The number of thiophene rings is 1. The summed E-state index contributed by atoms with van der Waals surface area (Å²) in [5.74, 6) is 0.755. The van der Waals surface area contributed by atoms with Crippen molar-refractivity contribution in [2.45, 2.75) is 33.9 Å². The van der Waals surface area contributed by atoms with Gasteiger partial charge >= 0.3 is 0 Å². The van der Waals surface area contributed by atoms with E-state index in [0.29, 0.717) is 11.6 Å². The van der Waals surface area contributed by atoms with Crippen molar-refractivity contribution in [3.63, 3.8) is 0 Å². The average molecular weight is 310 g/mol. The number of halogens is 1. The molecule has 0 unspecified atom stereocenters. The minimum atomic E-state index is 0.567. The van der Waals surface area contributed by atoms with E-state index in [1.165, 1.54) is 15.3 Å². The summed E-state index contributed by atoms with van der Waals surface area (Å²) >= 11 is 7.96. The Morgan fingerprint density at radius 2 is 2.05 bits per heavy atom. The zero-order valence-electron chi connectivity index (χ0n) is 12.1. The van der Waals surface area contributed by atoms with Gasteiger partial charge in [-0.05, 0) is 44.2 Å². The smallest absolute Gasteiger partial charge is 0.138 e. The molecule has 2 nitrogen and oxygen atoms in total. The predicted octanol–water partition coefficient (Wildman–Crippen LogP) is 4.71. The molecular formula is C16H20ClNOS. The average Bonchev–Trinajstić information content (AvgIpc) is 2.78. The summed E-state index contributed by atoms with van der Waals surface area (Å²) in [4.78, 5) is 2.65. The standard InChI is InChI=1S/C16H20ClNOS/c1-4-18-9-14-8-13(12(3)20-14)10-19-16-7-11(2)5-6-15(16)17/h5-8,18H,4,9-10H2,1-3H3. The van der Waals surface area contributed by atoms with Gasteiger partial charge in [-0.15, -0.1) is 11.3 Å². The molecule has 0 saturated carbocycles.